The monoisotopic (exact) mass is 251 g/mol. The largest absolute Gasteiger partial charge is 0.367 e. The number of hydrogen-bond acceptors (Lipinski definition) is 1. The molecule has 0 aliphatic carbocycles. The highest BCUT2D eigenvalue weighted by molar-refractivity contribution is 5.50. The first-order valence-corrected chi connectivity index (χ1v) is 5.30. The van der Waals surface area contributed by atoms with Gasteiger partial charge in [0.2, 0.25) is 5.82 Å². The zero-order valence-corrected chi connectivity index (χ0v) is 8.87. The normalized spacial score (nSPS) is 16.4. The van der Waals surface area contributed by atoms with Gasteiger partial charge in [-0.2, -0.15) is 0 Å². The molecule has 1 fully saturated rings. The number of hydrogen-bond donors (Lipinski definition) is 0. The topological polar surface area (TPSA) is 3.24 Å². The molecule has 0 saturated carbocycles. The van der Waals surface area contributed by atoms with E-state index in [0.29, 0.717) is 25.9 Å². The van der Waals surface area contributed by atoms with Crippen LogP contribution >= 0.6 is 0 Å². The van der Waals surface area contributed by atoms with E-state index < -0.39 is 34.8 Å². The van der Waals surface area contributed by atoms with E-state index in [1.54, 1.807) is 0 Å². The summed E-state index contributed by atoms with van der Waals surface area (Å²) in [5, 5.41) is 0. The highest BCUT2D eigenvalue weighted by atomic mass is 19.2. The summed E-state index contributed by atoms with van der Waals surface area (Å²) in [4.78, 5) is 1.21. The van der Waals surface area contributed by atoms with Crippen molar-refractivity contribution < 1.29 is 22.0 Å². The van der Waals surface area contributed by atoms with Crippen molar-refractivity contribution in [2.24, 2.45) is 0 Å². The number of nitrogens with zero attached hydrogens (tertiary/aromatic N) is 1. The second kappa shape index (κ2) is 4.50. The fraction of sp³-hybridized carbons (Fsp3) is 0.455. The molecule has 94 valence electrons. The number of rotatable bonds is 1. The van der Waals surface area contributed by atoms with E-state index in [9.17, 15) is 22.0 Å². The Bertz CT molecular complexity index is 411. The Hall–Kier alpha value is -1.33. The maximum Gasteiger partial charge on any atom is 0.200 e. The molecular formula is C11H10F5N. The van der Waals surface area contributed by atoms with Gasteiger partial charge in [-0.3, -0.25) is 0 Å². The molecular weight excluding hydrogens is 241 g/mol. The zero-order valence-electron chi connectivity index (χ0n) is 8.87. The average molecular weight is 251 g/mol. The van der Waals surface area contributed by atoms with Crippen LogP contribution in [-0.4, -0.2) is 13.1 Å². The van der Waals surface area contributed by atoms with Gasteiger partial charge in [-0.1, -0.05) is 0 Å². The lowest BCUT2D eigenvalue weighted by atomic mass is 10.1. The molecule has 1 aliphatic heterocycles. The van der Waals surface area contributed by atoms with Gasteiger partial charge in [-0.05, 0) is 19.3 Å². The molecule has 1 saturated heterocycles. The summed E-state index contributed by atoms with van der Waals surface area (Å²) in [6.45, 7) is 0.608. The molecule has 2 rings (SSSR count). The molecule has 0 atom stereocenters. The van der Waals surface area contributed by atoms with Gasteiger partial charge >= 0.3 is 0 Å². The number of benzene rings is 1. The minimum Gasteiger partial charge on any atom is -0.367 e. The highest BCUT2D eigenvalue weighted by Gasteiger charge is 2.29. The van der Waals surface area contributed by atoms with Crippen LogP contribution in [0, 0.1) is 29.1 Å². The van der Waals surface area contributed by atoms with Crippen LogP contribution < -0.4 is 4.90 Å². The van der Waals surface area contributed by atoms with Gasteiger partial charge in [0, 0.05) is 13.1 Å². The summed E-state index contributed by atoms with van der Waals surface area (Å²) < 4.78 is 65.6. The standard InChI is InChI=1S/C11H10F5N/c12-6-7(13)9(15)11(10(16)8(6)14)17-4-2-1-3-5-17/h1-5H2. The summed E-state index contributed by atoms with van der Waals surface area (Å²) in [5.41, 5.74) is -0.805. The van der Waals surface area contributed by atoms with Crippen LogP contribution in [0.25, 0.3) is 0 Å². The van der Waals surface area contributed by atoms with Crippen molar-refractivity contribution in [1.82, 2.24) is 0 Å². The van der Waals surface area contributed by atoms with Crippen LogP contribution in [0.3, 0.4) is 0 Å². The van der Waals surface area contributed by atoms with Gasteiger partial charge in [0.05, 0.1) is 0 Å². The molecule has 0 bridgehead atoms. The van der Waals surface area contributed by atoms with Gasteiger partial charge in [-0.25, -0.2) is 22.0 Å². The van der Waals surface area contributed by atoms with Crippen molar-refractivity contribution in [3.05, 3.63) is 29.1 Å². The molecule has 6 heteroatoms. The van der Waals surface area contributed by atoms with Crippen LogP contribution in [0.2, 0.25) is 0 Å². The lowest BCUT2D eigenvalue weighted by Crippen LogP contribution is -2.32. The Morgan fingerprint density at radius 1 is 0.588 bits per heavy atom. The number of anilines is 1. The Morgan fingerprint density at radius 2 is 1.00 bits per heavy atom. The Kier molecular flexibility index (Phi) is 3.22. The third kappa shape index (κ3) is 1.96. The van der Waals surface area contributed by atoms with Crippen LogP contribution in [0.1, 0.15) is 19.3 Å². The Morgan fingerprint density at radius 3 is 1.47 bits per heavy atom. The Balaban J connectivity index is 2.52. The van der Waals surface area contributed by atoms with E-state index in [0.717, 1.165) is 6.42 Å². The third-order valence-electron chi connectivity index (χ3n) is 2.86. The lowest BCUT2D eigenvalue weighted by molar-refractivity contribution is 0.376. The van der Waals surface area contributed by atoms with Gasteiger partial charge in [0.1, 0.15) is 5.69 Å². The minimum absolute atomic E-state index is 0.304. The Labute approximate surface area is 94.8 Å². The SMILES string of the molecule is Fc1c(F)c(F)c(N2CCCCC2)c(F)c1F. The first kappa shape index (κ1) is 12.1. The molecule has 0 N–H and O–H groups in total. The molecule has 0 spiro atoms. The van der Waals surface area contributed by atoms with Crippen molar-refractivity contribution >= 4 is 5.69 Å². The highest BCUT2D eigenvalue weighted by Crippen LogP contribution is 2.31. The van der Waals surface area contributed by atoms with Crippen LogP contribution in [-0.2, 0) is 0 Å². The van der Waals surface area contributed by atoms with Crippen molar-refractivity contribution in [1.29, 1.82) is 0 Å². The summed E-state index contributed by atoms with van der Waals surface area (Å²) in [6.07, 6.45) is 2.25. The second-order valence-corrected chi connectivity index (χ2v) is 3.97. The van der Waals surface area contributed by atoms with Crippen molar-refractivity contribution in [3.63, 3.8) is 0 Å². The molecule has 1 nitrogen and oxygen atoms in total. The van der Waals surface area contributed by atoms with Gasteiger partial charge < -0.3 is 4.90 Å². The van der Waals surface area contributed by atoms with Crippen molar-refractivity contribution in [2.75, 3.05) is 18.0 Å². The molecule has 0 amide bonds. The van der Waals surface area contributed by atoms with Gasteiger partial charge in [-0.15, -0.1) is 0 Å². The van der Waals surface area contributed by atoms with E-state index >= 15 is 0 Å². The van der Waals surface area contributed by atoms with Crippen molar-refractivity contribution in [3.8, 4) is 0 Å². The maximum atomic E-state index is 13.4. The molecule has 17 heavy (non-hydrogen) atoms. The summed E-state index contributed by atoms with van der Waals surface area (Å²) in [7, 11) is 0. The van der Waals surface area contributed by atoms with Gasteiger partial charge in [0.15, 0.2) is 23.3 Å². The molecule has 0 radical (unpaired) electrons. The first-order valence-electron chi connectivity index (χ1n) is 5.30. The smallest absolute Gasteiger partial charge is 0.200 e. The quantitative estimate of drug-likeness (QED) is 0.420. The summed E-state index contributed by atoms with van der Waals surface area (Å²) in [6, 6.07) is 0. The van der Waals surface area contributed by atoms with Gasteiger partial charge in [0.25, 0.3) is 0 Å². The fourth-order valence-electron chi connectivity index (χ4n) is 1.99. The first-order chi connectivity index (χ1) is 8.04. The van der Waals surface area contributed by atoms with E-state index in [1.807, 2.05) is 0 Å². The molecule has 1 aromatic carbocycles. The van der Waals surface area contributed by atoms with E-state index in [1.165, 1.54) is 4.90 Å². The van der Waals surface area contributed by atoms with E-state index in [-0.39, 0.29) is 0 Å². The summed E-state index contributed by atoms with van der Waals surface area (Å²) in [5.74, 6) is -9.37. The van der Waals surface area contributed by atoms with Crippen LogP contribution in [0.15, 0.2) is 0 Å². The van der Waals surface area contributed by atoms with Crippen LogP contribution in [0.5, 0.6) is 0 Å². The van der Waals surface area contributed by atoms with Crippen LogP contribution in [0.4, 0.5) is 27.6 Å². The second-order valence-electron chi connectivity index (χ2n) is 3.97. The average Bonchev–Trinajstić information content (AvgIpc) is 2.36. The zero-order chi connectivity index (χ0) is 12.6. The summed E-state index contributed by atoms with van der Waals surface area (Å²) >= 11 is 0. The predicted octanol–water partition coefficient (Wildman–Crippen LogP) is 3.37. The molecule has 0 unspecified atom stereocenters. The van der Waals surface area contributed by atoms with E-state index in [2.05, 4.69) is 0 Å². The molecule has 1 aromatic rings. The minimum atomic E-state index is -2.11. The number of piperidine rings is 1. The van der Waals surface area contributed by atoms with Crippen molar-refractivity contribution in [2.45, 2.75) is 19.3 Å². The molecule has 0 aromatic heterocycles. The maximum absolute atomic E-state index is 13.4. The predicted molar refractivity (Wildman–Crippen MR) is 52.3 cm³/mol. The lowest BCUT2D eigenvalue weighted by Gasteiger charge is -2.29. The molecule has 1 heterocycles. The molecule has 1 aliphatic rings. The third-order valence-corrected chi connectivity index (χ3v) is 2.86. The fourth-order valence-corrected chi connectivity index (χ4v) is 1.99. The van der Waals surface area contributed by atoms with E-state index in [4.69, 9.17) is 0 Å². The number of halogens is 5.